The molecule has 9 heteroatoms. The van der Waals surface area contributed by atoms with Gasteiger partial charge in [-0.15, -0.1) is 11.3 Å². The van der Waals surface area contributed by atoms with Gasteiger partial charge in [-0.3, -0.25) is 14.4 Å². The molecule has 1 amide bonds. The van der Waals surface area contributed by atoms with Gasteiger partial charge in [-0.1, -0.05) is 6.07 Å². The van der Waals surface area contributed by atoms with Crippen LogP contribution in [-0.2, 0) is 0 Å². The van der Waals surface area contributed by atoms with Crippen LogP contribution in [0.3, 0.4) is 0 Å². The van der Waals surface area contributed by atoms with Crippen molar-refractivity contribution in [2.75, 3.05) is 24.7 Å². The molecule has 0 bridgehead atoms. The highest BCUT2D eigenvalue weighted by atomic mass is 32.1. The number of rotatable bonds is 6. The van der Waals surface area contributed by atoms with Crippen LogP contribution in [0.1, 0.15) is 26.3 Å². The van der Waals surface area contributed by atoms with Crippen molar-refractivity contribution in [3.05, 3.63) is 66.1 Å². The molecule has 1 heterocycles. The van der Waals surface area contributed by atoms with Gasteiger partial charge >= 0.3 is 0 Å². The summed E-state index contributed by atoms with van der Waals surface area (Å²) in [5.74, 6) is -0.748. The predicted molar refractivity (Wildman–Crippen MR) is 108 cm³/mol. The van der Waals surface area contributed by atoms with Crippen LogP contribution in [0.5, 0.6) is 5.75 Å². The number of aromatic hydroxyl groups is 1. The van der Waals surface area contributed by atoms with E-state index in [-0.39, 0.29) is 28.4 Å². The Kier molecular flexibility index (Phi) is 5.21. The topological polar surface area (TPSA) is 119 Å². The predicted octanol–water partition coefficient (Wildman–Crippen LogP) is 1.91. The molecule has 3 aromatic rings. The zero-order chi connectivity index (χ0) is 20.6. The number of anilines is 3. The maximum Gasteiger partial charge on any atom is 0.257 e. The second kappa shape index (κ2) is 7.45. The van der Waals surface area contributed by atoms with Crippen LogP contribution in [0, 0.1) is 6.92 Å². The Labute approximate surface area is 164 Å². The molecule has 0 saturated carbocycles. The van der Waals surface area contributed by atoms with Crippen LogP contribution >= 0.6 is 11.3 Å². The Morgan fingerprint density at radius 2 is 1.79 bits per heavy atom. The lowest BCUT2D eigenvalue weighted by atomic mass is 10.1. The number of nitrogens with zero attached hydrogens (tertiary/aromatic N) is 1. The third kappa shape index (κ3) is 3.49. The molecule has 0 unspecified atom stereocenters. The van der Waals surface area contributed by atoms with E-state index in [1.807, 2.05) is 13.0 Å². The quantitative estimate of drug-likeness (QED) is 0.283. The van der Waals surface area contributed by atoms with Gasteiger partial charge in [0.15, 0.2) is 12.0 Å². The van der Waals surface area contributed by atoms with E-state index in [4.69, 9.17) is 0 Å². The first-order chi connectivity index (χ1) is 13.2. The number of benzene rings is 1. The van der Waals surface area contributed by atoms with Crippen molar-refractivity contribution in [3.8, 4) is 5.75 Å². The number of amides is 1. The molecule has 28 heavy (non-hydrogen) atoms. The van der Waals surface area contributed by atoms with Gasteiger partial charge in [0.05, 0.1) is 16.1 Å². The molecule has 1 atom stereocenters. The third-order valence-electron chi connectivity index (χ3n) is 4.15. The second-order valence-electron chi connectivity index (χ2n) is 6.43. The Morgan fingerprint density at radius 1 is 1.11 bits per heavy atom. The molecule has 1 aromatic heterocycles. The Morgan fingerprint density at radius 3 is 2.39 bits per heavy atom. The lowest BCUT2D eigenvalue weighted by Crippen LogP contribution is -2.37. The van der Waals surface area contributed by atoms with Gasteiger partial charge in [-0.25, -0.2) is 0 Å². The molecule has 3 rings (SSSR count). The number of aliphatic hydroxyl groups is 1. The maximum absolute atomic E-state index is 12.1. The molecular formula is C19H19N3O5S. The summed E-state index contributed by atoms with van der Waals surface area (Å²) in [7, 11) is 3.10. The minimum absolute atomic E-state index is 0.0531. The Balaban J connectivity index is 1.88. The van der Waals surface area contributed by atoms with Gasteiger partial charge in [0.2, 0.25) is 0 Å². The van der Waals surface area contributed by atoms with Crippen LogP contribution in [0.15, 0.2) is 39.9 Å². The third-order valence-corrected chi connectivity index (χ3v) is 5.21. The van der Waals surface area contributed by atoms with Crippen LogP contribution in [-0.4, -0.2) is 35.1 Å². The summed E-state index contributed by atoms with van der Waals surface area (Å²) < 4.78 is 0. The summed E-state index contributed by atoms with van der Waals surface area (Å²) in [6.07, 6.45) is -1.15. The molecular weight excluding hydrogens is 382 g/mol. The van der Waals surface area contributed by atoms with Crippen LogP contribution in [0.25, 0.3) is 0 Å². The second-order valence-corrected chi connectivity index (χ2v) is 7.75. The molecule has 0 radical (unpaired) electrons. The SMILES string of the molecule is Cc1ccc([C@@H](O)Nc2c(Nc3cccc(C(=O)N(C)C)c3O)c(=O)c2=O)s1. The number of thiophene rings is 1. The van der Waals surface area contributed by atoms with E-state index in [9.17, 15) is 24.6 Å². The number of para-hydroxylation sites is 1. The molecule has 0 aliphatic carbocycles. The molecule has 0 aliphatic rings. The van der Waals surface area contributed by atoms with Crippen molar-refractivity contribution in [2.24, 2.45) is 0 Å². The molecule has 0 saturated heterocycles. The minimum atomic E-state index is -1.15. The first-order valence-corrected chi connectivity index (χ1v) is 9.17. The van der Waals surface area contributed by atoms with Crippen molar-refractivity contribution in [1.29, 1.82) is 0 Å². The lowest BCUT2D eigenvalue weighted by molar-refractivity contribution is 0.0824. The molecule has 0 fully saturated rings. The molecule has 0 spiro atoms. The highest BCUT2D eigenvalue weighted by molar-refractivity contribution is 7.12. The highest BCUT2D eigenvalue weighted by Gasteiger charge is 2.25. The lowest BCUT2D eigenvalue weighted by Gasteiger charge is -2.19. The highest BCUT2D eigenvalue weighted by Crippen LogP contribution is 2.33. The van der Waals surface area contributed by atoms with Crippen molar-refractivity contribution >= 4 is 34.3 Å². The standard InChI is InChI=1S/C19H19N3O5S/c1-9-7-8-12(28-9)18(26)21-14-13(16(24)17(14)25)20-11-6-4-5-10(15(11)23)19(27)22(2)3/h4-8,18,20-21,23,26H,1-3H3/t18-/m1/s1. The van der Waals surface area contributed by atoms with Crippen LogP contribution in [0.2, 0.25) is 0 Å². The van der Waals surface area contributed by atoms with Crippen molar-refractivity contribution in [3.63, 3.8) is 0 Å². The van der Waals surface area contributed by atoms with Gasteiger partial charge in [0.25, 0.3) is 16.8 Å². The molecule has 4 N–H and O–H groups in total. The zero-order valence-electron chi connectivity index (χ0n) is 15.4. The van der Waals surface area contributed by atoms with Gasteiger partial charge in [0.1, 0.15) is 11.4 Å². The molecule has 8 nitrogen and oxygen atoms in total. The Bertz CT molecular complexity index is 1110. The molecule has 2 aromatic carbocycles. The van der Waals surface area contributed by atoms with Gasteiger partial charge in [-0.2, -0.15) is 0 Å². The fourth-order valence-corrected chi connectivity index (χ4v) is 3.46. The summed E-state index contributed by atoms with van der Waals surface area (Å²) in [6.45, 7) is 1.88. The summed E-state index contributed by atoms with van der Waals surface area (Å²) >= 11 is 1.36. The summed E-state index contributed by atoms with van der Waals surface area (Å²) in [5, 5.41) is 26.0. The number of phenolic OH excluding ortho intramolecular Hbond substituents is 1. The van der Waals surface area contributed by atoms with E-state index in [2.05, 4.69) is 10.6 Å². The number of hydrogen-bond acceptors (Lipinski definition) is 8. The molecule has 0 aliphatic heterocycles. The largest absolute Gasteiger partial charge is 0.505 e. The average Bonchev–Trinajstić information content (AvgIpc) is 3.11. The van der Waals surface area contributed by atoms with Crippen LogP contribution < -0.4 is 21.5 Å². The van der Waals surface area contributed by atoms with E-state index in [0.717, 1.165) is 4.88 Å². The van der Waals surface area contributed by atoms with Gasteiger partial charge in [0, 0.05) is 19.0 Å². The number of nitrogens with one attached hydrogen (secondary N) is 2. The van der Waals surface area contributed by atoms with E-state index in [1.54, 1.807) is 26.2 Å². The van der Waals surface area contributed by atoms with Gasteiger partial charge < -0.3 is 25.7 Å². The minimum Gasteiger partial charge on any atom is -0.505 e. The monoisotopic (exact) mass is 401 g/mol. The van der Waals surface area contributed by atoms with Crippen molar-refractivity contribution in [1.82, 2.24) is 4.90 Å². The normalized spacial score (nSPS) is 12.0. The first kappa shape index (κ1) is 19.6. The number of carbonyl (C=O) groups is 1. The number of phenols is 1. The fraction of sp³-hybridized carbons (Fsp3) is 0.211. The summed E-state index contributed by atoms with van der Waals surface area (Å²) in [6, 6.07) is 8.02. The smallest absolute Gasteiger partial charge is 0.257 e. The van der Waals surface area contributed by atoms with Crippen LogP contribution in [0.4, 0.5) is 17.1 Å². The van der Waals surface area contributed by atoms with E-state index in [0.29, 0.717) is 4.88 Å². The number of aliphatic hydroxyl groups excluding tert-OH is 1. The number of carbonyl (C=O) groups excluding carboxylic acids is 1. The van der Waals surface area contributed by atoms with E-state index >= 15 is 0 Å². The van der Waals surface area contributed by atoms with Gasteiger partial charge in [-0.05, 0) is 31.2 Å². The molecule has 146 valence electrons. The summed E-state index contributed by atoms with van der Waals surface area (Å²) in [4.78, 5) is 39.0. The summed E-state index contributed by atoms with van der Waals surface area (Å²) in [5.41, 5.74) is -1.55. The number of aryl methyl sites for hydroxylation is 1. The van der Waals surface area contributed by atoms with Crippen molar-refractivity contribution in [2.45, 2.75) is 13.2 Å². The van der Waals surface area contributed by atoms with Crippen molar-refractivity contribution < 1.29 is 15.0 Å². The maximum atomic E-state index is 12.1. The first-order valence-electron chi connectivity index (χ1n) is 8.35. The zero-order valence-corrected chi connectivity index (χ0v) is 16.3. The fourth-order valence-electron chi connectivity index (χ4n) is 2.65. The average molecular weight is 401 g/mol. The van der Waals surface area contributed by atoms with E-state index < -0.39 is 23.0 Å². The number of hydrogen-bond donors (Lipinski definition) is 4. The Hall–Kier alpha value is -3.17. The van der Waals surface area contributed by atoms with E-state index in [1.165, 1.54) is 28.4 Å².